The van der Waals surface area contributed by atoms with Crippen molar-refractivity contribution in [2.24, 2.45) is 0 Å². The predicted molar refractivity (Wildman–Crippen MR) is 69.2 cm³/mol. The van der Waals surface area contributed by atoms with E-state index < -0.39 is 5.92 Å². The van der Waals surface area contributed by atoms with E-state index in [1.807, 2.05) is 25.2 Å². The highest BCUT2D eigenvalue weighted by Crippen LogP contribution is 2.52. The Hall–Kier alpha value is -1.32. The Labute approximate surface area is 106 Å². The largest absolute Gasteiger partial charge is 0.399 e. The highest BCUT2D eigenvalue weighted by Gasteiger charge is 2.48. The normalized spacial score (nSPS) is 24.3. The Morgan fingerprint density at radius 3 is 2.50 bits per heavy atom. The summed E-state index contributed by atoms with van der Waals surface area (Å²) in [6.07, 6.45) is 1.10. The number of nitrogens with two attached hydrogens (primary N) is 1. The summed E-state index contributed by atoms with van der Waals surface area (Å²) < 4.78 is 26.7. The maximum absolute atomic E-state index is 13.4. The molecule has 1 heterocycles. The van der Waals surface area contributed by atoms with Gasteiger partial charge in [-0.15, -0.1) is 0 Å². The van der Waals surface area contributed by atoms with E-state index in [0.29, 0.717) is 12.8 Å². The van der Waals surface area contributed by atoms with Crippen molar-refractivity contribution in [3.8, 4) is 0 Å². The molecule has 1 aromatic rings. The number of hydrogen-bond donors (Lipinski definition) is 1. The molecule has 0 unspecified atom stereocenters. The molecule has 1 aromatic carbocycles. The van der Waals surface area contributed by atoms with Gasteiger partial charge in [0.15, 0.2) is 0 Å². The van der Waals surface area contributed by atoms with Crippen LogP contribution in [0.25, 0.3) is 0 Å². The Morgan fingerprint density at radius 2 is 1.83 bits per heavy atom. The summed E-state index contributed by atoms with van der Waals surface area (Å²) in [5.74, 6) is -2.48. The van der Waals surface area contributed by atoms with E-state index in [2.05, 4.69) is 4.90 Å². The van der Waals surface area contributed by atoms with Crippen molar-refractivity contribution in [3.05, 3.63) is 23.8 Å². The van der Waals surface area contributed by atoms with Gasteiger partial charge in [0.2, 0.25) is 5.92 Å². The number of nitrogens with zero attached hydrogens (tertiary/aromatic N) is 1. The lowest BCUT2D eigenvalue weighted by molar-refractivity contribution is -0.0499. The van der Waals surface area contributed by atoms with Crippen LogP contribution in [0.15, 0.2) is 18.2 Å². The van der Waals surface area contributed by atoms with E-state index in [-0.39, 0.29) is 18.3 Å². The van der Waals surface area contributed by atoms with Gasteiger partial charge in [0.1, 0.15) is 0 Å². The lowest BCUT2D eigenvalue weighted by atomic mass is 9.69. The van der Waals surface area contributed by atoms with Gasteiger partial charge in [-0.2, -0.15) is 0 Å². The maximum atomic E-state index is 13.4. The van der Waals surface area contributed by atoms with Gasteiger partial charge in [-0.3, -0.25) is 0 Å². The number of hydrogen-bond acceptors (Lipinski definition) is 2. The summed E-state index contributed by atoms with van der Waals surface area (Å²) in [6.45, 7) is 0.835. The molecule has 2 N–H and O–H groups in total. The summed E-state index contributed by atoms with van der Waals surface area (Å²) >= 11 is 0. The molecule has 98 valence electrons. The van der Waals surface area contributed by atoms with Gasteiger partial charge in [-0.05, 0) is 36.6 Å². The Kier molecular flexibility index (Phi) is 2.34. The summed E-state index contributed by atoms with van der Waals surface area (Å²) in [6, 6.07) is 5.86. The Morgan fingerprint density at radius 1 is 1.17 bits per heavy atom. The minimum Gasteiger partial charge on any atom is -0.399 e. The number of alkyl halides is 2. The molecule has 18 heavy (non-hydrogen) atoms. The van der Waals surface area contributed by atoms with Crippen LogP contribution in [-0.2, 0) is 5.41 Å². The SMILES string of the molecule is CN1CC2(CCC(F)(F)CC2)c2cc(N)ccc21. The Balaban J connectivity index is 1.99. The van der Waals surface area contributed by atoms with E-state index in [1.165, 1.54) is 5.56 Å². The van der Waals surface area contributed by atoms with Crippen LogP contribution in [0.4, 0.5) is 20.2 Å². The monoisotopic (exact) mass is 252 g/mol. The molecular weight excluding hydrogens is 234 g/mol. The van der Waals surface area contributed by atoms with Crippen LogP contribution < -0.4 is 10.6 Å². The number of likely N-dealkylation sites (N-methyl/N-ethyl adjacent to an activating group) is 1. The third-order valence-corrected chi connectivity index (χ3v) is 4.48. The minimum atomic E-state index is -2.48. The van der Waals surface area contributed by atoms with Crippen molar-refractivity contribution < 1.29 is 8.78 Å². The van der Waals surface area contributed by atoms with Crippen molar-refractivity contribution >= 4 is 11.4 Å². The van der Waals surface area contributed by atoms with Crippen LogP contribution in [0.2, 0.25) is 0 Å². The number of nitrogen functional groups attached to an aromatic ring is 1. The van der Waals surface area contributed by atoms with Gasteiger partial charge in [0, 0.05) is 43.2 Å². The van der Waals surface area contributed by atoms with Crippen LogP contribution in [0, 0.1) is 0 Å². The topological polar surface area (TPSA) is 29.3 Å². The molecule has 0 radical (unpaired) electrons. The zero-order chi connectivity index (χ0) is 13.0. The smallest absolute Gasteiger partial charge is 0.248 e. The van der Waals surface area contributed by atoms with Crippen molar-refractivity contribution in [1.82, 2.24) is 0 Å². The van der Waals surface area contributed by atoms with Crippen LogP contribution >= 0.6 is 0 Å². The average Bonchev–Trinajstić information content (AvgIpc) is 2.57. The maximum Gasteiger partial charge on any atom is 0.248 e. The van der Waals surface area contributed by atoms with E-state index in [4.69, 9.17) is 5.73 Å². The zero-order valence-electron chi connectivity index (χ0n) is 10.5. The van der Waals surface area contributed by atoms with Gasteiger partial charge in [-0.1, -0.05) is 0 Å². The first-order valence-corrected chi connectivity index (χ1v) is 6.41. The molecule has 4 heteroatoms. The second-order valence-electron chi connectivity index (χ2n) is 5.77. The number of fused-ring (bicyclic) bond motifs is 2. The van der Waals surface area contributed by atoms with Crippen LogP contribution in [0.1, 0.15) is 31.2 Å². The molecule has 0 amide bonds. The van der Waals surface area contributed by atoms with E-state index >= 15 is 0 Å². The first-order valence-electron chi connectivity index (χ1n) is 6.41. The van der Waals surface area contributed by atoms with Crippen LogP contribution in [-0.4, -0.2) is 19.5 Å². The van der Waals surface area contributed by atoms with Crippen molar-refractivity contribution in [2.45, 2.75) is 37.0 Å². The predicted octanol–water partition coefficient (Wildman–Crippen LogP) is 3.17. The molecule has 1 fully saturated rings. The highest BCUT2D eigenvalue weighted by molar-refractivity contribution is 5.66. The fourth-order valence-electron chi connectivity index (χ4n) is 3.46. The van der Waals surface area contributed by atoms with Gasteiger partial charge in [-0.25, -0.2) is 8.78 Å². The van der Waals surface area contributed by atoms with Crippen LogP contribution in [0.3, 0.4) is 0 Å². The first-order chi connectivity index (χ1) is 8.42. The highest BCUT2D eigenvalue weighted by atomic mass is 19.3. The molecule has 1 aliphatic heterocycles. The van der Waals surface area contributed by atoms with E-state index in [9.17, 15) is 8.78 Å². The summed E-state index contributed by atoms with van der Waals surface area (Å²) in [5, 5.41) is 0. The quantitative estimate of drug-likeness (QED) is 0.719. The van der Waals surface area contributed by atoms with Gasteiger partial charge >= 0.3 is 0 Å². The fraction of sp³-hybridized carbons (Fsp3) is 0.571. The zero-order valence-corrected chi connectivity index (χ0v) is 10.5. The molecule has 3 rings (SSSR count). The number of anilines is 2. The summed E-state index contributed by atoms with van der Waals surface area (Å²) in [7, 11) is 2.02. The average molecular weight is 252 g/mol. The lowest BCUT2D eigenvalue weighted by Crippen LogP contribution is -2.39. The fourth-order valence-corrected chi connectivity index (χ4v) is 3.46. The molecule has 1 aliphatic carbocycles. The molecule has 2 aliphatic rings. The molecular formula is C14H18F2N2. The minimum absolute atomic E-state index is 0.00488. The van der Waals surface area contributed by atoms with E-state index in [1.54, 1.807) is 0 Å². The summed E-state index contributed by atoms with van der Waals surface area (Å²) in [5.41, 5.74) is 8.78. The second-order valence-corrected chi connectivity index (χ2v) is 5.77. The van der Waals surface area contributed by atoms with Crippen LogP contribution in [0.5, 0.6) is 0 Å². The van der Waals surface area contributed by atoms with Gasteiger partial charge in [0.25, 0.3) is 0 Å². The molecule has 0 aromatic heterocycles. The third kappa shape index (κ3) is 1.66. The number of halogens is 2. The van der Waals surface area contributed by atoms with Gasteiger partial charge < -0.3 is 10.6 Å². The molecule has 0 atom stereocenters. The first kappa shape index (κ1) is 11.8. The standard InChI is InChI=1S/C14H18F2N2/c1-18-9-13(4-6-14(15,16)7-5-13)11-8-10(17)2-3-12(11)18/h2-3,8H,4-7,9,17H2,1H3. The molecule has 1 spiro atoms. The lowest BCUT2D eigenvalue weighted by Gasteiger charge is -2.37. The number of rotatable bonds is 0. The van der Waals surface area contributed by atoms with Crippen molar-refractivity contribution in [3.63, 3.8) is 0 Å². The molecule has 0 saturated heterocycles. The molecule has 1 saturated carbocycles. The van der Waals surface area contributed by atoms with E-state index in [0.717, 1.165) is 17.9 Å². The van der Waals surface area contributed by atoms with Crippen molar-refractivity contribution in [1.29, 1.82) is 0 Å². The Bertz CT molecular complexity index is 475. The number of benzene rings is 1. The summed E-state index contributed by atoms with van der Waals surface area (Å²) in [4.78, 5) is 2.16. The van der Waals surface area contributed by atoms with Crippen molar-refractivity contribution in [2.75, 3.05) is 24.2 Å². The molecule has 0 bridgehead atoms. The second kappa shape index (κ2) is 3.59. The molecule has 2 nitrogen and oxygen atoms in total. The third-order valence-electron chi connectivity index (χ3n) is 4.48. The van der Waals surface area contributed by atoms with Gasteiger partial charge in [0.05, 0.1) is 0 Å².